The Kier molecular flexibility index (Phi) is 5.68. The Balaban J connectivity index is 2.11. The van der Waals surface area contributed by atoms with Gasteiger partial charge in [0.25, 0.3) is 0 Å². The second-order valence-corrected chi connectivity index (χ2v) is 6.85. The number of carbonyl (C=O) groups excluding carboxylic acids is 2. The Morgan fingerprint density at radius 2 is 1.93 bits per heavy atom. The molecule has 1 aromatic heterocycles. The SMILES string of the molecule is COc1c(C=O)cc(NC(=O)C(C)C)c2cc(Cc3ccc(F)cc3)cnc12. The van der Waals surface area contributed by atoms with Crippen LogP contribution in [0.1, 0.15) is 35.3 Å². The zero-order valence-electron chi connectivity index (χ0n) is 16.0. The zero-order chi connectivity index (χ0) is 20.3. The first kappa shape index (κ1) is 19.5. The summed E-state index contributed by atoms with van der Waals surface area (Å²) in [6, 6.07) is 9.76. The summed E-state index contributed by atoms with van der Waals surface area (Å²) in [7, 11) is 1.47. The van der Waals surface area contributed by atoms with Crippen LogP contribution in [0.25, 0.3) is 10.9 Å². The Hall–Kier alpha value is -3.28. The van der Waals surface area contributed by atoms with E-state index in [1.165, 1.54) is 19.2 Å². The van der Waals surface area contributed by atoms with Gasteiger partial charge in [-0.15, -0.1) is 0 Å². The van der Waals surface area contributed by atoms with Crippen molar-refractivity contribution in [1.82, 2.24) is 4.98 Å². The number of aldehydes is 1. The lowest BCUT2D eigenvalue weighted by Crippen LogP contribution is -2.18. The molecule has 1 heterocycles. The number of amides is 1. The molecule has 0 aliphatic rings. The quantitative estimate of drug-likeness (QED) is 0.645. The monoisotopic (exact) mass is 380 g/mol. The highest BCUT2D eigenvalue weighted by atomic mass is 19.1. The van der Waals surface area contributed by atoms with E-state index in [0.717, 1.165) is 11.1 Å². The van der Waals surface area contributed by atoms with Gasteiger partial charge in [-0.1, -0.05) is 26.0 Å². The Labute approximate surface area is 162 Å². The number of nitrogens with one attached hydrogen (secondary N) is 1. The highest BCUT2D eigenvalue weighted by Crippen LogP contribution is 2.34. The van der Waals surface area contributed by atoms with Gasteiger partial charge in [-0.2, -0.15) is 0 Å². The average molecular weight is 380 g/mol. The van der Waals surface area contributed by atoms with Gasteiger partial charge < -0.3 is 10.1 Å². The van der Waals surface area contributed by atoms with Crippen molar-refractivity contribution in [2.45, 2.75) is 20.3 Å². The van der Waals surface area contributed by atoms with Gasteiger partial charge >= 0.3 is 0 Å². The predicted molar refractivity (Wildman–Crippen MR) is 106 cm³/mol. The normalized spacial score (nSPS) is 10.9. The van der Waals surface area contributed by atoms with E-state index < -0.39 is 0 Å². The van der Waals surface area contributed by atoms with Crippen LogP contribution in [0.15, 0.2) is 42.6 Å². The van der Waals surface area contributed by atoms with Crippen molar-refractivity contribution in [3.05, 3.63) is 65.1 Å². The molecule has 5 nitrogen and oxygen atoms in total. The molecule has 2 aromatic carbocycles. The van der Waals surface area contributed by atoms with Crippen LogP contribution >= 0.6 is 0 Å². The van der Waals surface area contributed by atoms with Crippen molar-refractivity contribution in [2.24, 2.45) is 5.92 Å². The molecule has 1 amide bonds. The summed E-state index contributed by atoms with van der Waals surface area (Å²) in [6.07, 6.45) is 2.92. The maximum Gasteiger partial charge on any atom is 0.226 e. The van der Waals surface area contributed by atoms with Gasteiger partial charge in [0.2, 0.25) is 5.91 Å². The third-order valence-electron chi connectivity index (χ3n) is 4.45. The van der Waals surface area contributed by atoms with Crippen LogP contribution in [0.3, 0.4) is 0 Å². The van der Waals surface area contributed by atoms with Crippen LogP contribution in [0, 0.1) is 11.7 Å². The minimum atomic E-state index is -0.287. The van der Waals surface area contributed by atoms with E-state index in [9.17, 15) is 14.0 Å². The van der Waals surface area contributed by atoms with Crippen molar-refractivity contribution in [2.75, 3.05) is 12.4 Å². The van der Waals surface area contributed by atoms with Crippen molar-refractivity contribution >= 4 is 28.8 Å². The fourth-order valence-corrected chi connectivity index (χ4v) is 2.95. The maximum atomic E-state index is 13.1. The molecule has 0 bridgehead atoms. The van der Waals surface area contributed by atoms with E-state index in [0.29, 0.717) is 40.6 Å². The smallest absolute Gasteiger partial charge is 0.226 e. The number of hydrogen-bond acceptors (Lipinski definition) is 4. The Morgan fingerprint density at radius 3 is 2.54 bits per heavy atom. The van der Waals surface area contributed by atoms with Gasteiger partial charge in [-0.25, -0.2) is 4.39 Å². The van der Waals surface area contributed by atoms with Gasteiger partial charge in [-0.3, -0.25) is 14.6 Å². The molecule has 6 heteroatoms. The molecule has 144 valence electrons. The fourth-order valence-electron chi connectivity index (χ4n) is 2.95. The van der Waals surface area contributed by atoms with E-state index in [1.807, 2.05) is 6.07 Å². The topological polar surface area (TPSA) is 68.3 Å². The maximum absolute atomic E-state index is 13.1. The number of methoxy groups -OCH3 is 1. The van der Waals surface area contributed by atoms with Crippen molar-refractivity contribution in [3.63, 3.8) is 0 Å². The van der Waals surface area contributed by atoms with E-state index in [4.69, 9.17) is 4.74 Å². The number of pyridine rings is 1. The summed E-state index contributed by atoms with van der Waals surface area (Å²) < 4.78 is 18.5. The number of benzene rings is 2. The van der Waals surface area contributed by atoms with E-state index >= 15 is 0 Å². The number of carbonyl (C=O) groups is 2. The average Bonchev–Trinajstić information content (AvgIpc) is 2.69. The summed E-state index contributed by atoms with van der Waals surface area (Å²) in [5.41, 5.74) is 3.14. The Morgan fingerprint density at radius 1 is 1.21 bits per heavy atom. The molecule has 3 rings (SSSR count). The van der Waals surface area contributed by atoms with E-state index in [1.54, 1.807) is 38.2 Å². The minimum absolute atomic E-state index is 0.160. The number of aromatic nitrogens is 1. The molecular weight excluding hydrogens is 359 g/mol. The summed E-state index contributed by atoms with van der Waals surface area (Å²) in [4.78, 5) is 28.2. The highest BCUT2D eigenvalue weighted by molar-refractivity contribution is 6.06. The van der Waals surface area contributed by atoms with Gasteiger partial charge in [0, 0.05) is 17.5 Å². The van der Waals surface area contributed by atoms with Crippen molar-refractivity contribution in [3.8, 4) is 5.75 Å². The van der Waals surface area contributed by atoms with Gasteiger partial charge in [0.1, 0.15) is 11.3 Å². The first-order valence-corrected chi connectivity index (χ1v) is 8.93. The molecule has 3 aromatic rings. The van der Waals surface area contributed by atoms with Gasteiger partial charge in [0.05, 0.1) is 18.4 Å². The molecule has 0 unspecified atom stereocenters. The number of hydrogen-bond donors (Lipinski definition) is 1. The summed E-state index contributed by atoms with van der Waals surface area (Å²) in [6.45, 7) is 3.58. The van der Waals surface area contributed by atoms with E-state index in [-0.39, 0.29) is 17.6 Å². The van der Waals surface area contributed by atoms with Crippen LogP contribution < -0.4 is 10.1 Å². The molecule has 0 atom stereocenters. The van der Waals surface area contributed by atoms with Crippen LogP contribution in [-0.2, 0) is 11.2 Å². The van der Waals surface area contributed by atoms with Crippen LogP contribution in [-0.4, -0.2) is 24.3 Å². The van der Waals surface area contributed by atoms with Crippen molar-refractivity contribution < 1.29 is 18.7 Å². The molecule has 0 saturated carbocycles. The van der Waals surface area contributed by atoms with Gasteiger partial charge in [-0.05, 0) is 41.8 Å². The number of ether oxygens (including phenoxy) is 1. The Bertz CT molecular complexity index is 1030. The molecule has 0 saturated heterocycles. The fraction of sp³-hybridized carbons (Fsp3) is 0.227. The van der Waals surface area contributed by atoms with E-state index in [2.05, 4.69) is 10.3 Å². The lowest BCUT2D eigenvalue weighted by atomic mass is 10.0. The molecule has 0 radical (unpaired) electrons. The second-order valence-electron chi connectivity index (χ2n) is 6.85. The number of rotatable bonds is 6. The standard InChI is InChI=1S/C22H21FN2O3/c1-13(2)22(27)25-19-10-16(12-26)21(28-3)20-18(19)9-15(11-24-20)8-14-4-6-17(23)7-5-14/h4-7,9-13H,8H2,1-3H3,(H,25,27). The van der Waals surface area contributed by atoms with Crippen LogP contribution in [0.2, 0.25) is 0 Å². The molecule has 0 fully saturated rings. The first-order valence-electron chi connectivity index (χ1n) is 8.93. The number of halogens is 1. The number of fused-ring (bicyclic) bond motifs is 1. The number of anilines is 1. The molecule has 0 aliphatic carbocycles. The third-order valence-corrected chi connectivity index (χ3v) is 4.45. The lowest BCUT2D eigenvalue weighted by molar-refractivity contribution is -0.118. The molecule has 0 spiro atoms. The molecular formula is C22H21FN2O3. The molecule has 0 aliphatic heterocycles. The van der Waals surface area contributed by atoms with Gasteiger partial charge in [0.15, 0.2) is 12.0 Å². The zero-order valence-corrected chi connectivity index (χ0v) is 16.0. The number of nitrogens with zero attached hydrogens (tertiary/aromatic N) is 1. The van der Waals surface area contributed by atoms with Crippen molar-refractivity contribution in [1.29, 1.82) is 0 Å². The highest BCUT2D eigenvalue weighted by Gasteiger charge is 2.17. The summed E-state index contributed by atoms with van der Waals surface area (Å²) >= 11 is 0. The minimum Gasteiger partial charge on any atom is -0.494 e. The summed E-state index contributed by atoms with van der Waals surface area (Å²) in [5, 5.41) is 3.54. The van der Waals surface area contributed by atoms with Crippen LogP contribution in [0.4, 0.5) is 10.1 Å². The summed E-state index contributed by atoms with van der Waals surface area (Å²) in [5.74, 6) is -0.300. The lowest BCUT2D eigenvalue weighted by Gasteiger charge is -2.15. The van der Waals surface area contributed by atoms with Crippen LogP contribution in [0.5, 0.6) is 5.75 Å². The predicted octanol–water partition coefficient (Wildman–Crippen LogP) is 4.38. The molecule has 1 N–H and O–H groups in total. The second kappa shape index (κ2) is 8.17. The first-order chi connectivity index (χ1) is 13.4. The largest absolute Gasteiger partial charge is 0.494 e. The third kappa shape index (κ3) is 4.01. The molecule has 28 heavy (non-hydrogen) atoms.